The Bertz CT molecular complexity index is 1720. The molecule has 11 heteroatoms. The van der Waals surface area contributed by atoms with Gasteiger partial charge in [-0.1, -0.05) is 43.0 Å². The summed E-state index contributed by atoms with van der Waals surface area (Å²) in [5, 5.41) is 15.0. The van der Waals surface area contributed by atoms with Gasteiger partial charge in [-0.15, -0.1) is 11.3 Å². The van der Waals surface area contributed by atoms with E-state index in [2.05, 4.69) is 27.4 Å². The van der Waals surface area contributed by atoms with E-state index in [9.17, 15) is 14.4 Å². The van der Waals surface area contributed by atoms with Gasteiger partial charge in [0.2, 0.25) is 5.91 Å². The Balaban J connectivity index is 1.44. The molecule has 41 heavy (non-hydrogen) atoms. The third-order valence-electron chi connectivity index (χ3n) is 8.03. The molecular formula is C30H29N7O3S. The molecule has 2 aliphatic rings. The second kappa shape index (κ2) is 10.2. The van der Waals surface area contributed by atoms with Crippen molar-refractivity contribution >= 4 is 44.7 Å². The lowest BCUT2D eigenvalue weighted by atomic mass is 9.72. The number of nitrogens with one attached hydrogen (secondary N) is 2. The van der Waals surface area contributed by atoms with Crippen molar-refractivity contribution in [3.8, 4) is 11.1 Å². The van der Waals surface area contributed by atoms with Gasteiger partial charge in [-0.05, 0) is 48.6 Å². The number of nitrogens with zero attached hydrogens (tertiary/aromatic N) is 2. The normalized spacial score (nSPS) is 23.4. The number of thiophene rings is 1. The lowest BCUT2D eigenvalue weighted by molar-refractivity contribution is -0.125. The van der Waals surface area contributed by atoms with Crippen LogP contribution in [0.5, 0.6) is 0 Å². The van der Waals surface area contributed by atoms with Crippen LogP contribution in [-0.4, -0.2) is 39.9 Å². The number of hydrogen-bond donors (Lipinski definition) is 5. The number of benzene rings is 2. The maximum Gasteiger partial charge on any atom is 0.262 e. The maximum atomic E-state index is 14.1. The average molecular weight is 568 g/mol. The highest BCUT2D eigenvalue weighted by Gasteiger charge is 2.50. The molecular weight excluding hydrogens is 538 g/mol. The van der Waals surface area contributed by atoms with E-state index >= 15 is 0 Å². The molecule has 208 valence electrons. The molecule has 0 bridgehead atoms. The van der Waals surface area contributed by atoms with E-state index in [0.29, 0.717) is 38.2 Å². The zero-order chi connectivity index (χ0) is 28.9. The molecule has 0 saturated heterocycles. The van der Waals surface area contributed by atoms with Gasteiger partial charge in [-0.2, -0.15) is 10.2 Å². The number of ketones is 1. The highest BCUT2D eigenvalue weighted by atomic mass is 32.1. The van der Waals surface area contributed by atoms with Crippen LogP contribution in [0.2, 0.25) is 0 Å². The van der Waals surface area contributed by atoms with E-state index in [1.165, 1.54) is 17.4 Å². The number of Topliss-reactive ketones (excluding diaryl/α,β-unsaturated/α-hetero) is 1. The molecule has 2 amide bonds. The van der Waals surface area contributed by atoms with E-state index in [1.807, 2.05) is 30.3 Å². The highest BCUT2D eigenvalue weighted by molar-refractivity contribution is 7.21. The molecule has 2 unspecified atom stereocenters. The van der Waals surface area contributed by atoms with E-state index < -0.39 is 17.4 Å². The molecule has 0 spiro atoms. The fourth-order valence-corrected chi connectivity index (χ4v) is 7.15. The Morgan fingerprint density at radius 2 is 1.80 bits per heavy atom. The molecule has 0 aliphatic heterocycles. The largest absolute Gasteiger partial charge is 0.398 e. The zero-order valence-electron chi connectivity index (χ0n) is 22.1. The van der Waals surface area contributed by atoms with Gasteiger partial charge >= 0.3 is 0 Å². The standard InChI is InChI=1S/C30H29N7O3S/c1-2-22(38)35-19-9-6-10-20(19)36-29(40)27-24-23-17(11-12-18(31)26(23)41-27)30(33,28(39)25(24)32)21-13-16(14-34-37-21)15-7-4-3-5-8-15/h2-5,7-8,11-14,19-20,25H,1,6,9-10,31-33H2,(H,35,38)(H,36,40)/t19-,20+,25?,30?/m0/s1. The fourth-order valence-electron chi connectivity index (χ4n) is 5.94. The highest BCUT2D eigenvalue weighted by Crippen LogP contribution is 2.49. The molecule has 6 rings (SSSR count). The molecule has 0 radical (unpaired) electrons. The summed E-state index contributed by atoms with van der Waals surface area (Å²) in [4.78, 5) is 40.0. The number of amides is 2. The summed E-state index contributed by atoms with van der Waals surface area (Å²) in [6.07, 6.45) is 5.11. The molecule has 2 aromatic heterocycles. The Labute approximate surface area is 240 Å². The van der Waals surface area contributed by atoms with Gasteiger partial charge in [-0.3, -0.25) is 14.4 Å². The Morgan fingerprint density at radius 1 is 1.07 bits per heavy atom. The van der Waals surface area contributed by atoms with E-state index in [1.54, 1.807) is 24.4 Å². The first kappa shape index (κ1) is 26.8. The van der Waals surface area contributed by atoms with Gasteiger partial charge in [0.15, 0.2) is 5.78 Å². The van der Waals surface area contributed by atoms with Crippen molar-refractivity contribution in [3.63, 3.8) is 0 Å². The molecule has 2 heterocycles. The van der Waals surface area contributed by atoms with Crippen molar-refractivity contribution in [2.75, 3.05) is 5.73 Å². The van der Waals surface area contributed by atoms with Crippen LogP contribution < -0.4 is 27.8 Å². The van der Waals surface area contributed by atoms with E-state index in [0.717, 1.165) is 24.0 Å². The number of carbonyl (C=O) groups is 3. The SMILES string of the molecule is C=CC(=O)N[C@H]1CCC[C@H]1NC(=O)c1sc2c(N)ccc3c2c1C(N)C(=O)C3(N)c1cc(-c2ccccc2)cnn1. The van der Waals surface area contributed by atoms with Gasteiger partial charge < -0.3 is 27.8 Å². The van der Waals surface area contributed by atoms with Crippen molar-refractivity contribution in [1.29, 1.82) is 0 Å². The summed E-state index contributed by atoms with van der Waals surface area (Å²) < 4.78 is 0.621. The second-order valence-electron chi connectivity index (χ2n) is 10.4. The number of hydrogen-bond acceptors (Lipinski definition) is 9. The quantitative estimate of drug-likeness (QED) is 0.174. The van der Waals surface area contributed by atoms with Crippen molar-refractivity contribution in [2.24, 2.45) is 11.5 Å². The van der Waals surface area contributed by atoms with Gasteiger partial charge in [0.1, 0.15) is 5.54 Å². The smallest absolute Gasteiger partial charge is 0.262 e. The monoisotopic (exact) mass is 567 g/mol. The molecule has 2 aromatic carbocycles. The molecule has 8 N–H and O–H groups in total. The topological polar surface area (TPSA) is 179 Å². The summed E-state index contributed by atoms with van der Waals surface area (Å²) in [5.74, 6) is -1.17. The van der Waals surface area contributed by atoms with Gasteiger partial charge in [0.05, 0.1) is 27.5 Å². The maximum absolute atomic E-state index is 14.1. The summed E-state index contributed by atoms with van der Waals surface area (Å²) in [6, 6.07) is 13.0. The number of anilines is 1. The van der Waals surface area contributed by atoms with Crippen LogP contribution in [-0.2, 0) is 15.1 Å². The van der Waals surface area contributed by atoms with Gasteiger partial charge in [0, 0.05) is 34.3 Å². The molecule has 4 atom stereocenters. The molecule has 1 saturated carbocycles. The first-order valence-electron chi connectivity index (χ1n) is 13.3. The number of nitrogens with two attached hydrogens (primary N) is 3. The summed E-state index contributed by atoms with van der Waals surface area (Å²) in [6.45, 7) is 3.50. The lowest BCUT2D eigenvalue weighted by Crippen LogP contribution is -2.53. The minimum atomic E-state index is -1.71. The third-order valence-corrected chi connectivity index (χ3v) is 9.28. The number of rotatable bonds is 6. The minimum Gasteiger partial charge on any atom is -0.398 e. The number of carbonyl (C=O) groups excluding carboxylic acids is 3. The second-order valence-corrected chi connectivity index (χ2v) is 11.4. The molecule has 10 nitrogen and oxygen atoms in total. The van der Waals surface area contributed by atoms with E-state index in [4.69, 9.17) is 17.2 Å². The first-order chi connectivity index (χ1) is 19.7. The summed E-state index contributed by atoms with van der Waals surface area (Å²) in [5.41, 5.74) is 21.4. The minimum absolute atomic E-state index is 0.224. The Kier molecular flexibility index (Phi) is 6.65. The van der Waals surface area contributed by atoms with Gasteiger partial charge in [-0.25, -0.2) is 0 Å². The fraction of sp³-hybridized carbons (Fsp3) is 0.233. The van der Waals surface area contributed by atoms with Crippen LogP contribution in [0.25, 0.3) is 21.2 Å². The van der Waals surface area contributed by atoms with Crippen LogP contribution in [0.4, 0.5) is 5.69 Å². The van der Waals surface area contributed by atoms with Crippen molar-refractivity contribution < 1.29 is 14.4 Å². The zero-order valence-corrected chi connectivity index (χ0v) is 22.9. The summed E-state index contributed by atoms with van der Waals surface area (Å²) in [7, 11) is 0. The van der Waals surface area contributed by atoms with Crippen molar-refractivity contribution in [2.45, 2.75) is 42.9 Å². The van der Waals surface area contributed by atoms with Crippen LogP contribution in [0.1, 0.15) is 51.8 Å². The number of nitrogen functional groups attached to an aromatic ring is 1. The average Bonchev–Trinajstić information content (AvgIpc) is 3.61. The molecule has 4 aromatic rings. The lowest BCUT2D eigenvalue weighted by Gasteiger charge is -2.35. The Hall–Kier alpha value is -4.45. The van der Waals surface area contributed by atoms with Crippen LogP contribution >= 0.6 is 11.3 Å². The number of aromatic nitrogens is 2. The first-order valence-corrected chi connectivity index (χ1v) is 14.1. The Morgan fingerprint density at radius 3 is 2.54 bits per heavy atom. The van der Waals surface area contributed by atoms with Gasteiger partial charge in [0.25, 0.3) is 5.91 Å². The van der Waals surface area contributed by atoms with Crippen LogP contribution in [0, 0.1) is 0 Å². The van der Waals surface area contributed by atoms with Crippen molar-refractivity contribution in [3.05, 3.63) is 89.1 Å². The van der Waals surface area contributed by atoms with Crippen LogP contribution in [0.3, 0.4) is 0 Å². The predicted molar refractivity (Wildman–Crippen MR) is 158 cm³/mol. The predicted octanol–water partition coefficient (Wildman–Crippen LogP) is 2.68. The molecule has 1 fully saturated rings. The third kappa shape index (κ3) is 4.29. The molecule has 2 aliphatic carbocycles. The van der Waals surface area contributed by atoms with E-state index in [-0.39, 0.29) is 29.6 Å². The summed E-state index contributed by atoms with van der Waals surface area (Å²) >= 11 is 1.18. The van der Waals surface area contributed by atoms with Crippen LogP contribution in [0.15, 0.2) is 67.4 Å². The van der Waals surface area contributed by atoms with Crippen molar-refractivity contribution in [1.82, 2.24) is 20.8 Å².